The van der Waals surface area contributed by atoms with Gasteiger partial charge in [-0.2, -0.15) is 0 Å². The number of carbonyl (C=O) groups is 2. The van der Waals surface area contributed by atoms with Crippen LogP contribution in [0, 0.1) is 0 Å². The molecule has 0 radical (unpaired) electrons. The van der Waals surface area contributed by atoms with Gasteiger partial charge in [-0.05, 0) is 41.2 Å². The van der Waals surface area contributed by atoms with Crippen molar-refractivity contribution in [3.63, 3.8) is 0 Å². The van der Waals surface area contributed by atoms with Gasteiger partial charge in [-0.3, -0.25) is 4.79 Å². The molecule has 0 atom stereocenters. The van der Waals surface area contributed by atoms with Gasteiger partial charge >= 0.3 is 5.97 Å². The zero-order chi connectivity index (χ0) is 23.2. The van der Waals surface area contributed by atoms with Gasteiger partial charge in [0.05, 0.1) is 25.6 Å². The largest absolute Gasteiger partial charge is 0.465 e. The predicted molar refractivity (Wildman–Crippen MR) is 126 cm³/mol. The summed E-state index contributed by atoms with van der Waals surface area (Å²) in [7, 11) is -2.57. The van der Waals surface area contributed by atoms with Crippen LogP contribution in [0.5, 0.6) is 0 Å². The van der Waals surface area contributed by atoms with Gasteiger partial charge in [0, 0.05) is 17.5 Å². The summed E-state index contributed by atoms with van der Waals surface area (Å²) in [5, 5.41) is 2.21. The van der Waals surface area contributed by atoms with E-state index < -0.39 is 16.0 Å². The molecule has 1 amide bonds. The first-order chi connectivity index (χ1) is 15.9. The number of hydrogen-bond donors (Lipinski definition) is 1. The molecule has 1 aliphatic carbocycles. The normalized spacial score (nSPS) is 16.0. The van der Waals surface area contributed by atoms with E-state index in [1.165, 1.54) is 7.11 Å². The van der Waals surface area contributed by atoms with Gasteiger partial charge in [0.1, 0.15) is 4.21 Å². The summed E-state index contributed by atoms with van der Waals surface area (Å²) in [6, 6.07) is 13.9. The average Bonchev–Trinajstić information content (AvgIpc) is 3.52. The van der Waals surface area contributed by atoms with Crippen molar-refractivity contribution in [2.45, 2.75) is 42.5 Å². The van der Waals surface area contributed by atoms with Crippen LogP contribution in [-0.4, -0.2) is 44.9 Å². The molecule has 2 heterocycles. The Morgan fingerprint density at radius 3 is 2.64 bits per heavy atom. The molecule has 1 N–H and O–H groups in total. The summed E-state index contributed by atoms with van der Waals surface area (Å²) in [5.74, 6) is -0.677. The van der Waals surface area contributed by atoms with Crippen LogP contribution in [-0.2, 0) is 38.9 Å². The highest BCUT2D eigenvalue weighted by molar-refractivity contribution is 7.91. The lowest BCUT2D eigenvalue weighted by atomic mass is 10.0. The number of fused-ring (bicyclic) bond motifs is 2. The molecule has 1 fully saturated rings. The molecule has 0 spiro atoms. The van der Waals surface area contributed by atoms with Crippen LogP contribution in [0.25, 0.3) is 10.8 Å². The Kier molecular flexibility index (Phi) is 5.72. The van der Waals surface area contributed by atoms with Gasteiger partial charge in [-0.1, -0.05) is 42.5 Å². The Hall–Kier alpha value is -2.75. The van der Waals surface area contributed by atoms with Crippen molar-refractivity contribution < 1.29 is 22.7 Å². The van der Waals surface area contributed by atoms with Gasteiger partial charge in [0.15, 0.2) is 0 Å². The lowest BCUT2D eigenvalue weighted by molar-refractivity contribution is -0.131. The molecule has 5 rings (SSSR count). The van der Waals surface area contributed by atoms with Gasteiger partial charge < -0.3 is 9.64 Å². The lowest BCUT2D eigenvalue weighted by Gasteiger charge is -2.27. The van der Waals surface area contributed by atoms with E-state index in [4.69, 9.17) is 4.74 Å². The van der Waals surface area contributed by atoms with Crippen LogP contribution in [0.1, 0.15) is 39.2 Å². The van der Waals surface area contributed by atoms with Gasteiger partial charge in [-0.15, -0.1) is 11.3 Å². The van der Waals surface area contributed by atoms with Crippen molar-refractivity contribution in [1.82, 2.24) is 9.62 Å². The molecule has 9 heteroatoms. The first-order valence-electron chi connectivity index (χ1n) is 10.9. The van der Waals surface area contributed by atoms with E-state index >= 15 is 0 Å². The highest BCUT2D eigenvalue weighted by atomic mass is 32.2. The number of nitrogens with one attached hydrogen (secondary N) is 1. The Bertz CT molecular complexity index is 1360. The van der Waals surface area contributed by atoms with Crippen LogP contribution < -0.4 is 4.72 Å². The van der Waals surface area contributed by atoms with Crippen molar-refractivity contribution >= 4 is 44.0 Å². The maximum absolute atomic E-state index is 13.1. The Labute approximate surface area is 196 Å². The molecule has 3 aromatic rings. The highest BCUT2D eigenvalue weighted by Crippen LogP contribution is 2.37. The fraction of sp³-hybridized carbons (Fsp3) is 0.333. The SMILES string of the molecule is COC(=O)c1c(S(=O)(=O)NC2CC2)sc2c1CCN(C(=O)Cc1ccc3ccccc3c1)C2. The number of amides is 1. The molecular formula is C24H24N2O5S2. The second-order valence-corrected chi connectivity index (χ2v) is 11.5. The molecule has 0 saturated heterocycles. The smallest absolute Gasteiger partial charge is 0.340 e. The number of benzene rings is 2. The Balaban J connectivity index is 1.39. The van der Waals surface area contributed by atoms with Crippen molar-refractivity contribution in [3.05, 3.63) is 64.0 Å². The second-order valence-electron chi connectivity index (χ2n) is 8.48. The topological polar surface area (TPSA) is 92.8 Å². The Morgan fingerprint density at radius 2 is 1.91 bits per heavy atom. The van der Waals surface area contributed by atoms with Gasteiger partial charge in [-0.25, -0.2) is 17.9 Å². The van der Waals surface area contributed by atoms with E-state index in [9.17, 15) is 18.0 Å². The summed E-state index contributed by atoms with van der Waals surface area (Å²) < 4.78 is 33.4. The molecular weight excluding hydrogens is 460 g/mol. The summed E-state index contributed by atoms with van der Waals surface area (Å²) >= 11 is 1.07. The van der Waals surface area contributed by atoms with Crippen LogP contribution >= 0.6 is 11.3 Å². The van der Waals surface area contributed by atoms with Crippen molar-refractivity contribution in [2.75, 3.05) is 13.7 Å². The molecule has 33 heavy (non-hydrogen) atoms. The van der Waals surface area contributed by atoms with E-state index in [1.807, 2.05) is 42.5 Å². The van der Waals surface area contributed by atoms with Gasteiger partial charge in [0.2, 0.25) is 5.91 Å². The summed E-state index contributed by atoms with van der Waals surface area (Å²) in [5.41, 5.74) is 1.73. The maximum atomic E-state index is 13.1. The molecule has 2 aliphatic rings. The first-order valence-corrected chi connectivity index (χ1v) is 13.2. The van der Waals surface area contributed by atoms with Crippen molar-refractivity contribution in [2.24, 2.45) is 0 Å². The monoisotopic (exact) mass is 484 g/mol. The number of hydrogen-bond acceptors (Lipinski definition) is 6. The molecule has 0 unspecified atom stereocenters. The van der Waals surface area contributed by atoms with Gasteiger partial charge in [0.25, 0.3) is 10.0 Å². The minimum atomic E-state index is -3.82. The number of methoxy groups -OCH3 is 1. The predicted octanol–water partition coefficient (Wildman–Crippen LogP) is 3.26. The Morgan fingerprint density at radius 1 is 1.15 bits per heavy atom. The minimum Gasteiger partial charge on any atom is -0.465 e. The zero-order valence-electron chi connectivity index (χ0n) is 18.2. The van der Waals surface area contributed by atoms with Crippen molar-refractivity contribution in [1.29, 1.82) is 0 Å². The van der Waals surface area contributed by atoms with Crippen LogP contribution in [0.3, 0.4) is 0 Å². The van der Waals surface area contributed by atoms with E-state index in [1.54, 1.807) is 4.90 Å². The number of sulfonamides is 1. The third-order valence-electron chi connectivity index (χ3n) is 6.08. The number of carbonyl (C=O) groups excluding carboxylic acids is 2. The molecule has 1 aliphatic heterocycles. The van der Waals surface area contributed by atoms with E-state index in [0.29, 0.717) is 18.5 Å². The third-order valence-corrected chi connectivity index (χ3v) is 9.33. The molecule has 0 bridgehead atoms. The standard InChI is InChI=1S/C24H24N2O5S2/c1-31-23(28)22-19-10-11-26(14-20(19)32-24(22)33(29,30)25-18-8-9-18)21(27)13-15-6-7-16-4-2-3-5-17(16)12-15/h2-7,12,18,25H,8-11,13-14H2,1H3. The fourth-order valence-electron chi connectivity index (χ4n) is 4.20. The lowest BCUT2D eigenvalue weighted by Crippen LogP contribution is -2.36. The quantitative estimate of drug-likeness (QED) is 0.542. The maximum Gasteiger partial charge on any atom is 0.340 e. The number of esters is 1. The average molecular weight is 485 g/mol. The highest BCUT2D eigenvalue weighted by Gasteiger charge is 2.37. The summed E-state index contributed by atoms with van der Waals surface area (Å²) in [6.07, 6.45) is 2.28. The van der Waals surface area contributed by atoms with Crippen LogP contribution in [0.2, 0.25) is 0 Å². The number of nitrogens with zero attached hydrogens (tertiary/aromatic N) is 1. The van der Waals surface area contributed by atoms with E-state index in [0.717, 1.165) is 45.4 Å². The summed E-state index contributed by atoms with van der Waals surface area (Å²) in [6.45, 7) is 0.713. The minimum absolute atomic E-state index is 0.00456. The van der Waals surface area contributed by atoms with Crippen LogP contribution in [0.15, 0.2) is 46.7 Å². The second kappa shape index (κ2) is 8.55. The zero-order valence-corrected chi connectivity index (χ0v) is 19.8. The van der Waals surface area contributed by atoms with Crippen molar-refractivity contribution in [3.8, 4) is 0 Å². The molecule has 7 nitrogen and oxygen atoms in total. The van der Waals surface area contributed by atoms with Crippen LogP contribution in [0.4, 0.5) is 0 Å². The summed E-state index contributed by atoms with van der Waals surface area (Å²) in [4.78, 5) is 28.0. The van der Waals surface area contributed by atoms with E-state index in [2.05, 4.69) is 4.72 Å². The molecule has 172 valence electrons. The molecule has 1 aromatic heterocycles. The number of ether oxygens (including phenoxy) is 1. The molecule has 2 aromatic carbocycles. The number of thiophene rings is 1. The van der Waals surface area contributed by atoms with E-state index in [-0.39, 0.29) is 34.7 Å². The molecule has 1 saturated carbocycles. The fourth-order valence-corrected chi connectivity index (χ4v) is 7.42. The third kappa shape index (κ3) is 4.40. The first kappa shape index (κ1) is 22.1. The number of rotatable bonds is 6.